The van der Waals surface area contributed by atoms with Gasteiger partial charge in [0, 0.05) is 25.0 Å². The fourth-order valence-electron chi connectivity index (χ4n) is 1.78. The molecule has 0 spiro atoms. The number of hydrogen-bond donors (Lipinski definition) is 1. The van der Waals surface area contributed by atoms with E-state index in [1.807, 2.05) is 0 Å². The van der Waals surface area contributed by atoms with Crippen molar-refractivity contribution in [3.8, 4) is 0 Å². The predicted molar refractivity (Wildman–Crippen MR) is 63.7 cm³/mol. The van der Waals surface area contributed by atoms with Gasteiger partial charge in [0.25, 0.3) is 0 Å². The van der Waals surface area contributed by atoms with Gasteiger partial charge in [0.1, 0.15) is 11.5 Å². The Kier molecular flexibility index (Phi) is 2.85. The third-order valence-electron chi connectivity index (χ3n) is 2.65. The Balaban J connectivity index is 1.95. The van der Waals surface area contributed by atoms with E-state index < -0.39 is 11.9 Å². The topological polar surface area (TPSA) is 67.3 Å². The smallest absolute Gasteiger partial charge is 0.340 e. The summed E-state index contributed by atoms with van der Waals surface area (Å²) in [5, 5.41) is 0. The van der Waals surface area contributed by atoms with Crippen LogP contribution in [0.4, 0.5) is 13.2 Å². The fraction of sp³-hybridized carbons (Fsp3) is 0.167. The van der Waals surface area contributed by atoms with E-state index in [1.165, 1.54) is 12.3 Å². The molecule has 8 heteroatoms. The lowest BCUT2D eigenvalue weighted by Gasteiger charge is -2.03. The fourth-order valence-corrected chi connectivity index (χ4v) is 1.78. The molecule has 3 aromatic rings. The highest BCUT2D eigenvalue weighted by atomic mass is 19.4. The molecule has 20 heavy (non-hydrogen) atoms. The highest BCUT2D eigenvalue weighted by Crippen LogP contribution is 2.28. The number of rotatable bonds is 2. The average Bonchev–Trinajstić information content (AvgIpc) is 2.80. The Morgan fingerprint density at radius 2 is 1.95 bits per heavy atom. The van der Waals surface area contributed by atoms with Crippen LogP contribution in [0.2, 0.25) is 0 Å². The first-order valence-corrected chi connectivity index (χ1v) is 5.70. The maximum absolute atomic E-state index is 12.6. The summed E-state index contributed by atoms with van der Waals surface area (Å²) in [5.41, 5.74) is 0.209. The number of H-pyrrole nitrogens is 1. The van der Waals surface area contributed by atoms with Crippen molar-refractivity contribution in [1.82, 2.24) is 24.9 Å². The molecule has 3 rings (SSSR count). The van der Waals surface area contributed by atoms with Crippen LogP contribution in [0.25, 0.3) is 11.2 Å². The summed E-state index contributed by atoms with van der Waals surface area (Å²) in [5.74, 6) is 0.493. The maximum atomic E-state index is 12.6. The zero-order valence-corrected chi connectivity index (χ0v) is 10.0. The minimum Gasteiger partial charge on any atom is -0.340 e. The third kappa shape index (κ3) is 2.44. The molecule has 3 aromatic heterocycles. The molecule has 0 fully saturated rings. The summed E-state index contributed by atoms with van der Waals surface area (Å²) in [7, 11) is 0. The molecule has 0 radical (unpaired) electrons. The number of fused-ring (bicyclic) bond motifs is 1. The number of imidazole rings is 1. The minimum atomic E-state index is -4.47. The molecule has 0 atom stereocenters. The molecule has 0 saturated carbocycles. The monoisotopic (exact) mass is 279 g/mol. The van der Waals surface area contributed by atoms with E-state index in [0.717, 1.165) is 6.07 Å². The van der Waals surface area contributed by atoms with Crippen LogP contribution in [0.3, 0.4) is 0 Å². The van der Waals surface area contributed by atoms with Crippen LogP contribution in [0.5, 0.6) is 0 Å². The molecule has 3 heterocycles. The largest absolute Gasteiger partial charge is 0.433 e. The lowest BCUT2D eigenvalue weighted by atomic mass is 10.3. The maximum Gasteiger partial charge on any atom is 0.433 e. The van der Waals surface area contributed by atoms with E-state index in [4.69, 9.17) is 0 Å². The highest BCUT2D eigenvalue weighted by Gasteiger charge is 2.32. The summed E-state index contributed by atoms with van der Waals surface area (Å²) in [4.78, 5) is 18.5. The molecule has 102 valence electrons. The van der Waals surface area contributed by atoms with Crippen LogP contribution in [-0.4, -0.2) is 24.9 Å². The summed E-state index contributed by atoms with van der Waals surface area (Å²) in [6, 6.07) is 2.24. The number of nitrogens with zero attached hydrogens (tertiary/aromatic N) is 4. The van der Waals surface area contributed by atoms with Crippen LogP contribution >= 0.6 is 0 Å². The molecule has 5 nitrogen and oxygen atoms in total. The van der Waals surface area contributed by atoms with E-state index in [0.29, 0.717) is 23.5 Å². The van der Waals surface area contributed by atoms with Crippen LogP contribution in [0, 0.1) is 0 Å². The predicted octanol–water partition coefficient (Wildman–Crippen LogP) is 2.36. The number of aromatic amines is 1. The van der Waals surface area contributed by atoms with Crippen molar-refractivity contribution in [2.45, 2.75) is 12.6 Å². The lowest BCUT2D eigenvalue weighted by Crippen LogP contribution is -2.07. The minimum absolute atomic E-state index is 0.0405. The van der Waals surface area contributed by atoms with Gasteiger partial charge in [-0.2, -0.15) is 13.2 Å². The summed E-state index contributed by atoms with van der Waals surface area (Å²) in [6.45, 7) is 0. The van der Waals surface area contributed by atoms with Crippen molar-refractivity contribution in [3.05, 3.63) is 47.9 Å². The molecule has 1 N–H and O–H groups in total. The molecular formula is C12H8F3N5. The SMILES string of the molecule is FC(F)(F)c1ccc2[nH]c(Cc3cnccn3)nc2n1. The molecule has 0 aliphatic rings. The van der Waals surface area contributed by atoms with Gasteiger partial charge in [0.05, 0.1) is 11.2 Å². The molecule has 0 amide bonds. The second-order valence-corrected chi connectivity index (χ2v) is 4.12. The number of nitrogens with one attached hydrogen (secondary N) is 1. The number of alkyl halides is 3. The third-order valence-corrected chi connectivity index (χ3v) is 2.65. The van der Waals surface area contributed by atoms with Crippen molar-refractivity contribution >= 4 is 11.2 Å². The Morgan fingerprint density at radius 3 is 2.65 bits per heavy atom. The van der Waals surface area contributed by atoms with Crippen LogP contribution in [-0.2, 0) is 12.6 Å². The normalized spacial score (nSPS) is 11.9. The first-order chi connectivity index (χ1) is 9.52. The quantitative estimate of drug-likeness (QED) is 0.782. The first-order valence-electron chi connectivity index (χ1n) is 5.70. The van der Waals surface area contributed by atoms with E-state index in [-0.39, 0.29) is 5.65 Å². The van der Waals surface area contributed by atoms with Crippen LogP contribution in [0.15, 0.2) is 30.7 Å². The molecule has 0 saturated heterocycles. The number of hydrogen-bond acceptors (Lipinski definition) is 4. The molecule has 0 unspecified atom stereocenters. The standard InChI is InChI=1S/C12H8F3N5/c13-12(14,15)9-2-1-8-11(19-9)20-10(18-8)5-7-6-16-3-4-17-7/h1-4,6H,5H2,(H,18,19,20). The number of halogens is 3. The number of aromatic nitrogens is 5. The zero-order valence-electron chi connectivity index (χ0n) is 10.0. The van der Waals surface area contributed by atoms with Gasteiger partial charge in [-0.15, -0.1) is 0 Å². The first kappa shape index (κ1) is 12.5. The van der Waals surface area contributed by atoms with Gasteiger partial charge in [-0.1, -0.05) is 0 Å². The number of pyridine rings is 1. The van der Waals surface area contributed by atoms with Crippen molar-refractivity contribution in [2.75, 3.05) is 0 Å². The van der Waals surface area contributed by atoms with Crippen molar-refractivity contribution in [2.24, 2.45) is 0 Å². The van der Waals surface area contributed by atoms with Gasteiger partial charge < -0.3 is 4.98 Å². The molecule has 0 aliphatic carbocycles. The summed E-state index contributed by atoms with van der Waals surface area (Å²) >= 11 is 0. The van der Waals surface area contributed by atoms with Gasteiger partial charge in [-0.25, -0.2) is 9.97 Å². The zero-order chi connectivity index (χ0) is 14.2. The van der Waals surface area contributed by atoms with Crippen molar-refractivity contribution < 1.29 is 13.2 Å². The summed E-state index contributed by atoms with van der Waals surface area (Å²) in [6.07, 6.45) is 0.531. The average molecular weight is 279 g/mol. The van der Waals surface area contributed by atoms with E-state index in [9.17, 15) is 13.2 Å². The van der Waals surface area contributed by atoms with Crippen molar-refractivity contribution in [1.29, 1.82) is 0 Å². The molecule has 0 aliphatic heterocycles. The van der Waals surface area contributed by atoms with Crippen LogP contribution < -0.4 is 0 Å². The van der Waals surface area contributed by atoms with Gasteiger partial charge in [-0.05, 0) is 12.1 Å². The molecular weight excluding hydrogens is 271 g/mol. The second-order valence-electron chi connectivity index (χ2n) is 4.12. The lowest BCUT2D eigenvalue weighted by molar-refractivity contribution is -0.141. The van der Waals surface area contributed by atoms with Gasteiger partial charge in [-0.3, -0.25) is 9.97 Å². The van der Waals surface area contributed by atoms with Crippen LogP contribution in [0.1, 0.15) is 17.2 Å². The second kappa shape index (κ2) is 4.55. The Morgan fingerprint density at radius 1 is 1.10 bits per heavy atom. The van der Waals surface area contributed by atoms with Crippen molar-refractivity contribution in [3.63, 3.8) is 0 Å². The Bertz CT molecular complexity index is 736. The Hall–Kier alpha value is -2.51. The van der Waals surface area contributed by atoms with E-state index in [1.54, 1.807) is 12.4 Å². The summed E-state index contributed by atoms with van der Waals surface area (Å²) < 4.78 is 37.7. The van der Waals surface area contributed by atoms with Gasteiger partial charge in [0.15, 0.2) is 5.65 Å². The van der Waals surface area contributed by atoms with E-state index in [2.05, 4.69) is 24.9 Å². The molecule has 0 bridgehead atoms. The van der Waals surface area contributed by atoms with E-state index >= 15 is 0 Å². The Labute approximate surface area is 110 Å². The highest BCUT2D eigenvalue weighted by molar-refractivity contribution is 5.70. The molecule has 0 aromatic carbocycles. The van der Waals surface area contributed by atoms with Gasteiger partial charge >= 0.3 is 6.18 Å². The van der Waals surface area contributed by atoms with Gasteiger partial charge in [0.2, 0.25) is 0 Å².